The molecular weight excluding hydrogens is 530 g/mol. The van der Waals surface area contributed by atoms with E-state index in [0.717, 1.165) is 35.6 Å². The van der Waals surface area contributed by atoms with Gasteiger partial charge in [-0.3, -0.25) is 9.78 Å². The highest BCUT2D eigenvalue weighted by Gasteiger charge is 2.36. The van der Waals surface area contributed by atoms with E-state index in [0.29, 0.717) is 29.8 Å². The minimum Gasteiger partial charge on any atom is -0.490 e. The van der Waals surface area contributed by atoms with Crippen LogP contribution in [-0.2, 0) is 14.4 Å². The molecule has 2 aromatic carbocycles. The molecule has 2 aliphatic rings. The molecule has 5 rings (SSSR count). The zero-order chi connectivity index (χ0) is 29.3. The van der Waals surface area contributed by atoms with Gasteiger partial charge in [0.05, 0.1) is 17.8 Å². The number of carbonyl (C=O) groups is 2. The third-order valence-electron chi connectivity index (χ3n) is 8.07. The second kappa shape index (κ2) is 13.9. The lowest BCUT2D eigenvalue weighted by molar-refractivity contribution is -0.136. The van der Waals surface area contributed by atoms with E-state index in [-0.39, 0.29) is 24.5 Å². The van der Waals surface area contributed by atoms with Gasteiger partial charge < -0.3 is 19.6 Å². The number of rotatable bonds is 11. The second-order valence-corrected chi connectivity index (χ2v) is 11.0. The van der Waals surface area contributed by atoms with Gasteiger partial charge >= 0.3 is 5.97 Å². The molecule has 8 nitrogen and oxygen atoms in total. The first-order chi connectivity index (χ1) is 20.5. The molecule has 2 fully saturated rings. The maximum Gasteiger partial charge on any atom is 0.332 e. The molecule has 1 saturated heterocycles. The molecule has 1 aliphatic carbocycles. The number of hydrogen-bond donors (Lipinski definition) is 1. The summed E-state index contributed by atoms with van der Waals surface area (Å²) in [7, 11) is 0. The summed E-state index contributed by atoms with van der Waals surface area (Å²) in [6.07, 6.45) is 8.04. The molecule has 1 N–H and O–H groups in total. The van der Waals surface area contributed by atoms with Gasteiger partial charge in [-0.25, -0.2) is 4.79 Å². The molecule has 2 atom stereocenters. The van der Waals surface area contributed by atoms with E-state index in [9.17, 15) is 14.7 Å². The summed E-state index contributed by atoms with van der Waals surface area (Å²) in [5.74, 6) is 0.609. The molecule has 0 radical (unpaired) electrons. The summed E-state index contributed by atoms with van der Waals surface area (Å²) in [5.41, 5.74) is 4.47. The van der Waals surface area contributed by atoms with Gasteiger partial charge in [-0.05, 0) is 73.1 Å². The smallest absolute Gasteiger partial charge is 0.332 e. The predicted molar refractivity (Wildman–Crippen MR) is 162 cm³/mol. The van der Waals surface area contributed by atoms with E-state index < -0.39 is 5.97 Å². The molecule has 42 heavy (non-hydrogen) atoms. The standard InChI is InChI=1S/C34H37N3O5/c1-24(26-11-13-27(14-12-26)32-8-4-5-17-35-32)36-42-19-18-41-31-15-9-25(10-16-31)20-30(34(39)40)21-33(38)37-22-28-6-2-3-7-29(28)23-37/h4-5,8-17,20,28-29H,2-3,6-7,18-19,21-23H2,1H3,(H,39,40)/b30-20+,36-24?/t28-,29+. The fourth-order valence-electron chi connectivity index (χ4n) is 5.74. The van der Waals surface area contributed by atoms with Gasteiger partial charge in [0.2, 0.25) is 5.91 Å². The normalized spacial score (nSPS) is 18.8. The summed E-state index contributed by atoms with van der Waals surface area (Å²) in [6.45, 7) is 3.98. The number of fused-ring (bicyclic) bond motifs is 1. The molecule has 218 valence electrons. The maximum atomic E-state index is 12.9. The fourth-order valence-corrected chi connectivity index (χ4v) is 5.74. The van der Waals surface area contributed by atoms with E-state index >= 15 is 0 Å². The van der Waals surface area contributed by atoms with Crippen molar-refractivity contribution < 1.29 is 24.3 Å². The maximum absolute atomic E-state index is 12.9. The van der Waals surface area contributed by atoms with E-state index in [1.807, 2.05) is 54.3 Å². The van der Waals surface area contributed by atoms with E-state index in [1.165, 1.54) is 25.7 Å². The Kier molecular flexibility index (Phi) is 9.64. The number of oxime groups is 1. The first-order valence-corrected chi connectivity index (χ1v) is 14.6. The summed E-state index contributed by atoms with van der Waals surface area (Å²) in [4.78, 5) is 36.5. The molecule has 1 aliphatic heterocycles. The van der Waals surface area contributed by atoms with Crippen LogP contribution in [0.3, 0.4) is 0 Å². The molecule has 0 unspecified atom stereocenters. The van der Waals surface area contributed by atoms with Crippen LogP contribution in [0.5, 0.6) is 5.75 Å². The molecule has 0 bridgehead atoms. The number of aliphatic carboxylic acids is 1. The van der Waals surface area contributed by atoms with Crippen molar-refractivity contribution in [1.82, 2.24) is 9.88 Å². The third-order valence-corrected chi connectivity index (χ3v) is 8.07. The zero-order valence-electron chi connectivity index (χ0n) is 23.9. The molecule has 1 saturated carbocycles. The number of ether oxygens (including phenoxy) is 1. The Morgan fingerprint density at radius 2 is 1.69 bits per heavy atom. The van der Waals surface area contributed by atoms with Crippen molar-refractivity contribution in [3.8, 4) is 17.0 Å². The van der Waals surface area contributed by atoms with Crippen molar-refractivity contribution in [2.45, 2.75) is 39.0 Å². The van der Waals surface area contributed by atoms with Crippen molar-refractivity contribution in [3.05, 3.63) is 89.6 Å². The Bertz CT molecular complexity index is 1400. The highest BCUT2D eigenvalue weighted by molar-refractivity contribution is 5.99. The predicted octanol–water partition coefficient (Wildman–Crippen LogP) is 6.07. The topological polar surface area (TPSA) is 101 Å². The van der Waals surface area contributed by atoms with Crippen LogP contribution in [0.1, 0.15) is 50.2 Å². The van der Waals surface area contributed by atoms with Gasteiger partial charge in [-0.15, -0.1) is 0 Å². The van der Waals surface area contributed by atoms with Crippen LogP contribution in [0.15, 0.2) is 83.7 Å². The van der Waals surface area contributed by atoms with Crippen LogP contribution >= 0.6 is 0 Å². The fraction of sp³-hybridized carbons (Fsp3) is 0.353. The Balaban J connectivity index is 1.07. The second-order valence-electron chi connectivity index (χ2n) is 11.0. The number of carboxylic acid groups (broad SMARTS) is 1. The largest absolute Gasteiger partial charge is 0.490 e. The number of benzene rings is 2. The van der Waals surface area contributed by atoms with E-state index in [1.54, 1.807) is 36.5 Å². The van der Waals surface area contributed by atoms with Crippen LogP contribution in [0, 0.1) is 11.8 Å². The highest BCUT2D eigenvalue weighted by Crippen LogP contribution is 2.36. The lowest BCUT2D eigenvalue weighted by atomic mass is 9.82. The summed E-state index contributed by atoms with van der Waals surface area (Å²) in [6, 6.07) is 20.9. The van der Waals surface area contributed by atoms with Crippen LogP contribution in [0.2, 0.25) is 0 Å². The van der Waals surface area contributed by atoms with E-state index in [2.05, 4.69) is 10.1 Å². The van der Waals surface area contributed by atoms with Crippen molar-refractivity contribution in [2.24, 2.45) is 17.0 Å². The number of carboxylic acids is 1. The average Bonchev–Trinajstić information content (AvgIpc) is 3.46. The summed E-state index contributed by atoms with van der Waals surface area (Å²) in [5, 5.41) is 13.9. The SMILES string of the molecule is CC(=NOCCOc1ccc(/C=C(\CC(=O)N2C[C@H]3CCCC[C@H]3C2)C(=O)O)cc1)c1ccc(-c2ccccn2)cc1. The van der Waals surface area contributed by atoms with Crippen molar-refractivity contribution in [3.63, 3.8) is 0 Å². The average molecular weight is 568 g/mol. The van der Waals surface area contributed by atoms with Gasteiger partial charge in [-0.2, -0.15) is 0 Å². The monoisotopic (exact) mass is 567 g/mol. The molecule has 1 amide bonds. The molecule has 1 aromatic heterocycles. The molecular formula is C34H37N3O5. The van der Waals surface area contributed by atoms with Crippen molar-refractivity contribution >= 4 is 23.7 Å². The van der Waals surface area contributed by atoms with Crippen LogP contribution in [0.25, 0.3) is 17.3 Å². The minimum atomic E-state index is -1.07. The van der Waals surface area contributed by atoms with Crippen LogP contribution < -0.4 is 4.74 Å². The van der Waals surface area contributed by atoms with E-state index in [4.69, 9.17) is 9.57 Å². The first-order valence-electron chi connectivity index (χ1n) is 14.6. The quantitative estimate of drug-likeness (QED) is 0.131. The number of nitrogens with zero attached hydrogens (tertiary/aromatic N) is 3. The molecule has 0 spiro atoms. The van der Waals surface area contributed by atoms with Gasteiger partial charge in [0.25, 0.3) is 0 Å². The molecule has 3 aromatic rings. The lowest BCUT2D eigenvalue weighted by Crippen LogP contribution is -2.29. The van der Waals surface area contributed by atoms with Crippen LogP contribution in [0.4, 0.5) is 0 Å². The number of pyridine rings is 1. The number of likely N-dealkylation sites (tertiary alicyclic amines) is 1. The van der Waals surface area contributed by atoms with Gasteiger partial charge in [0, 0.05) is 30.4 Å². The third kappa shape index (κ3) is 7.63. The zero-order valence-corrected chi connectivity index (χ0v) is 23.9. The number of amides is 1. The van der Waals surface area contributed by atoms with Crippen molar-refractivity contribution in [1.29, 1.82) is 0 Å². The number of hydrogen-bond acceptors (Lipinski definition) is 6. The van der Waals surface area contributed by atoms with Crippen LogP contribution in [-0.4, -0.2) is 58.9 Å². The van der Waals surface area contributed by atoms with Gasteiger partial charge in [0.15, 0.2) is 6.61 Å². The summed E-state index contributed by atoms with van der Waals surface area (Å²) >= 11 is 0. The van der Waals surface area contributed by atoms with Crippen molar-refractivity contribution in [2.75, 3.05) is 26.3 Å². The summed E-state index contributed by atoms with van der Waals surface area (Å²) < 4.78 is 5.75. The first kappa shape index (κ1) is 29.0. The molecule has 8 heteroatoms. The lowest BCUT2D eigenvalue weighted by Gasteiger charge is -2.22. The van der Waals surface area contributed by atoms with Gasteiger partial charge in [-0.1, -0.05) is 60.5 Å². The Morgan fingerprint density at radius 1 is 0.976 bits per heavy atom. The Labute approximate surface area is 246 Å². The highest BCUT2D eigenvalue weighted by atomic mass is 16.6. The Hall–Kier alpha value is -4.46. The number of aromatic nitrogens is 1. The minimum absolute atomic E-state index is 0.0940. The van der Waals surface area contributed by atoms with Gasteiger partial charge in [0.1, 0.15) is 12.4 Å². The molecule has 2 heterocycles. The number of carbonyl (C=O) groups excluding carboxylic acids is 1. The Morgan fingerprint density at radius 3 is 2.33 bits per heavy atom.